The quantitative estimate of drug-likeness (QED) is 0.654. The summed E-state index contributed by atoms with van der Waals surface area (Å²) in [5.74, 6) is 0. The Kier molecular flexibility index (Phi) is 1.86. The molecule has 1 heterocycles. The molecule has 1 saturated carbocycles. The Morgan fingerprint density at radius 2 is 1.36 bits per heavy atom. The predicted octanol–water partition coefficient (Wildman–Crippen LogP) is 2.84. The summed E-state index contributed by atoms with van der Waals surface area (Å²) >= 11 is 0. The highest BCUT2D eigenvalue weighted by atomic mass is 15.1. The number of anilines is 2. The van der Waals surface area contributed by atoms with Gasteiger partial charge in [0.25, 0.3) is 0 Å². The van der Waals surface area contributed by atoms with Crippen molar-refractivity contribution in [1.29, 1.82) is 0 Å². The molecule has 1 fully saturated rings. The van der Waals surface area contributed by atoms with Crippen molar-refractivity contribution < 1.29 is 0 Å². The highest BCUT2D eigenvalue weighted by Gasteiger charge is 2.29. The van der Waals surface area contributed by atoms with Crippen molar-refractivity contribution in [3.63, 3.8) is 0 Å². The minimum absolute atomic E-state index is 0.652. The zero-order valence-electron chi connectivity index (χ0n) is 8.29. The Hall–Kier alpha value is -1.18. The van der Waals surface area contributed by atoms with Crippen LogP contribution in [0.5, 0.6) is 0 Å². The second-order valence-corrected chi connectivity index (χ2v) is 4.33. The van der Waals surface area contributed by atoms with Gasteiger partial charge in [0.05, 0.1) is 11.4 Å². The molecule has 0 bridgehead atoms. The maximum absolute atomic E-state index is 3.64. The van der Waals surface area contributed by atoms with E-state index in [1.54, 1.807) is 0 Å². The lowest BCUT2D eigenvalue weighted by molar-refractivity contribution is 0.418. The summed E-state index contributed by atoms with van der Waals surface area (Å²) in [5.41, 5.74) is 2.55. The van der Waals surface area contributed by atoms with Gasteiger partial charge in [-0.1, -0.05) is 25.0 Å². The second kappa shape index (κ2) is 3.19. The van der Waals surface area contributed by atoms with E-state index in [0.29, 0.717) is 12.1 Å². The molecule has 1 aliphatic heterocycles. The smallest absolute Gasteiger partial charge is 0.0578 e. The van der Waals surface area contributed by atoms with Crippen LogP contribution in [0.3, 0.4) is 0 Å². The SMILES string of the molecule is c1ccc2c(c1)N[C@@H]1CCCC[C@H]1N2. The van der Waals surface area contributed by atoms with Crippen LogP contribution in [0.2, 0.25) is 0 Å². The molecule has 0 spiro atoms. The van der Waals surface area contributed by atoms with Crippen LogP contribution >= 0.6 is 0 Å². The average molecular weight is 188 g/mol. The van der Waals surface area contributed by atoms with Crippen LogP contribution in [0, 0.1) is 0 Å². The predicted molar refractivity (Wildman–Crippen MR) is 59.7 cm³/mol. The minimum atomic E-state index is 0.652. The van der Waals surface area contributed by atoms with E-state index < -0.39 is 0 Å². The van der Waals surface area contributed by atoms with Crippen molar-refractivity contribution in [1.82, 2.24) is 0 Å². The van der Waals surface area contributed by atoms with Crippen LogP contribution < -0.4 is 10.6 Å². The third-order valence-corrected chi connectivity index (χ3v) is 3.37. The summed E-state index contributed by atoms with van der Waals surface area (Å²) < 4.78 is 0. The fraction of sp³-hybridized carbons (Fsp3) is 0.500. The van der Waals surface area contributed by atoms with Crippen molar-refractivity contribution in [2.24, 2.45) is 0 Å². The molecule has 0 radical (unpaired) electrons. The molecule has 1 aromatic carbocycles. The van der Waals surface area contributed by atoms with E-state index in [4.69, 9.17) is 0 Å². The number of rotatable bonds is 0. The standard InChI is InChI=1S/C12H16N2/c1-2-6-10-9(5-1)13-11-7-3-4-8-12(11)14-10/h1-2,5-6,11-14H,3-4,7-8H2/t11-,12-/m1/s1. The van der Waals surface area contributed by atoms with Gasteiger partial charge < -0.3 is 10.6 Å². The minimum Gasteiger partial charge on any atom is -0.379 e. The van der Waals surface area contributed by atoms with Gasteiger partial charge in [0.1, 0.15) is 0 Å². The summed E-state index contributed by atoms with van der Waals surface area (Å²) in [6, 6.07) is 9.81. The molecule has 0 amide bonds. The number of fused-ring (bicyclic) bond motifs is 2. The normalized spacial score (nSPS) is 29.4. The summed E-state index contributed by atoms with van der Waals surface area (Å²) in [6.45, 7) is 0. The molecule has 14 heavy (non-hydrogen) atoms. The van der Waals surface area contributed by atoms with E-state index in [-0.39, 0.29) is 0 Å². The molecule has 1 aliphatic carbocycles. The highest BCUT2D eigenvalue weighted by molar-refractivity contribution is 5.71. The van der Waals surface area contributed by atoms with Crippen molar-refractivity contribution in [2.45, 2.75) is 37.8 Å². The first-order valence-electron chi connectivity index (χ1n) is 5.55. The molecular formula is C12H16N2. The van der Waals surface area contributed by atoms with Crippen LogP contribution in [0.25, 0.3) is 0 Å². The molecule has 0 unspecified atom stereocenters. The van der Waals surface area contributed by atoms with Crippen molar-refractivity contribution >= 4 is 11.4 Å². The van der Waals surface area contributed by atoms with Gasteiger partial charge in [-0.3, -0.25) is 0 Å². The number of hydrogen-bond acceptors (Lipinski definition) is 2. The summed E-state index contributed by atoms with van der Waals surface area (Å²) in [7, 11) is 0. The first-order valence-corrected chi connectivity index (χ1v) is 5.55. The fourth-order valence-electron chi connectivity index (χ4n) is 2.61. The number of nitrogens with one attached hydrogen (secondary N) is 2. The Labute approximate surface area is 84.7 Å². The van der Waals surface area contributed by atoms with Crippen molar-refractivity contribution in [3.8, 4) is 0 Å². The van der Waals surface area contributed by atoms with E-state index in [0.717, 1.165) is 0 Å². The molecule has 2 atom stereocenters. The van der Waals surface area contributed by atoms with E-state index in [1.807, 2.05) is 0 Å². The number of benzene rings is 1. The van der Waals surface area contributed by atoms with E-state index in [2.05, 4.69) is 34.9 Å². The van der Waals surface area contributed by atoms with Crippen LogP contribution in [0.15, 0.2) is 24.3 Å². The lowest BCUT2D eigenvalue weighted by atomic mass is 9.88. The monoisotopic (exact) mass is 188 g/mol. The van der Waals surface area contributed by atoms with E-state index in [1.165, 1.54) is 37.1 Å². The van der Waals surface area contributed by atoms with Crippen LogP contribution in [-0.4, -0.2) is 12.1 Å². The first-order chi connectivity index (χ1) is 6.93. The fourth-order valence-corrected chi connectivity index (χ4v) is 2.61. The van der Waals surface area contributed by atoms with Crippen LogP contribution in [0.4, 0.5) is 11.4 Å². The summed E-state index contributed by atoms with van der Waals surface area (Å²) in [6.07, 6.45) is 5.37. The Balaban J connectivity index is 1.91. The molecule has 3 rings (SSSR count). The highest BCUT2D eigenvalue weighted by Crippen LogP contribution is 2.33. The zero-order valence-corrected chi connectivity index (χ0v) is 8.29. The molecule has 2 nitrogen and oxygen atoms in total. The zero-order chi connectivity index (χ0) is 9.38. The van der Waals surface area contributed by atoms with Gasteiger partial charge in [0.2, 0.25) is 0 Å². The summed E-state index contributed by atoms with van der Waals surface area (Å²) in [5, 5.41) is 7.27. The molecule has 2 heteroatoms. The molecule has 74 valence electrons. The molecule has 2 aliphatic rings. The van der Waals surface area contributed by atoms with Crippen LogP contribution in [-0.2, 0) is 0 Å². The Morgan fingerprint density at radius 1 is 0.857 bits per heavy atom. The molecular weight excluding hydrogens is 172 g/mol. The topological polar surface area (TPSA) is 24.1 Å². The van der Waals surface area contributed by atoms with E-state index in [9.17, 15) is 0 Å². The van der Waals surface area contributed by atoms with Gasteiger partial charge in [0.15, 0.2) is 0 Å². The van der Waals surface area contributed by atoms with E-state index >= 15 is 0 Å². The molecule has 0 saturated heterocycles. The van der Waals surface area contributed by atoms with Gasteiger partial charge in [-0.25, -0.2) is 0 Å². The maximum atomic E-state index is 3.64. The lowest BCUT2D eigenvalue weighted by Gasteiger charge is -2.39. The largest absolute Gasteiger partial charge is 0.379 e. The van der Waals surface area contributed by atoms with Gasteiger partial charge in [-0.05, 0) is 25.0 Å². The number of hydrogen-bond donors (Lipinski definition) is 2. The van der Waals surface area contributed by atoms with Gasteiger partial charge >= 0.3 is 0 Å². The Bertz CT molecular complexity index is 302. The molecule has 1 aromatic rings. The third kappa shape index (κ3) is 1.26. The Morgan fingerprint density at radius 3 is 1.86 bits per heavy atom. The molecule has 2 N–H and O–H groups in total. The van der Waals surface area contributed by atoms with Gasteiger partial charge in [0, 0.05) is 12.1 Å². The number of para-hydroxylation sites is 2. The van der Waals surface area contributed by atoms with Crippen molar-refractivity contribution in [2.75, 3.05) is 10.6 Å². The van der Waals surface area contributed by atoms with Crippen molar-refractivity contribution in [3.05, 3.63) is 24.3 Å². The average Bonchev–Trinajstić information content (AvgIpc) is 2.26. The third-order valence-electron chi connectivity index (χ3n) is 3.37. The second-order valence-electron chi connectivity index (χ2n) is 4.33. The summed E-state index contributed by atoms with van der Waals surface area (Å²) in [4.78, 5) is 0. The first kappa shape index (κ1) is 8.16. The van der Waals surface area contributed by atoms with Gasteiger partial charge in [-0.15, -0.1) is 0 Å². The molecule has 0 aromatic heterocycles. The van der Waals surface area contributed by atoms with Crippen LogP contribution in [0.1, 0.15) is 25.7 Å². The lowest BCUT2D eigenvalue weighted by Crippen LogP contribution is -2.44. The van der Waals surface area contributed by atoms with Gasteiger partial charge in [-0.2, -0.15) is 0 Å². The maximum Gasteiger partial charge on any atom is 0.0578 e.